The van der Waals surface area contributed by atoms with Crippen LogP contribution in [0.25, 0.3) is 0 Å². The fourth-order valence-electron chi connectivity index (χ4n) is 4.66. The van der Waals surface area contributed by atoms with Gasteiger partial charge in [0.1, 0.15) is 0 Å². The lowest BCUT2D eigenvalue weighted by Gasteiger charge is -2.24. The minimum atomic E-state index is -1.13. The third-order valence-electron chi connectivity index (χ3n) is 6.37. The predicted molar refractivity (Wildman–Crippen MR) is 115 cm³/mol. The van der Waals surface area contributed by atoms with E-state index < -0.39 is 17.5 Å². The van der Waals surface area contributed by atoms with Gasteiger partial charge in [-0.05, 0) is 56.6 Å². The topological polar surface area (TPSA) is 18.5 Å². The quantitative estimate of drug-likeness (QED) is 0.358. The summed E-state index contributed by atoms with van der Waals surface area (Å²) in [5.41, 5.74) is 3.01. The van der Waals surface area contributed by atoms with E-state index >= 15 is 4.39 Å². The summed E-state index contributed by atoms with van der Waals surface area (Å²) >= 11 is 0. The average molecular weight is 431 g/mol. The molecule has 0 saturated carbocycles. The lowest BCUT2D eigenvalue weighted by molar-refractivity contribution is 0.306. The summed E-state index contributed by atoms with van der Waals surface area (Å²) in [6.07, 6.45) is 9.86. The van der Waals surface area contributed by atoms with Gasteiger partial charge in [0.05, 0.1) is 6.61 Å². The Kier molecular flexibility index (Phi) is 6.59. The average Bonchev–Trinajstić information content (AvgIpc) is 2.77. The molecule has 0 radical (unpaired) electrons. The molecule has 4 rings (SSSR count). The molecule has 0 N–H and O–H groups in total. The van der Waals surface area contributed by atoms with Crippen molar-refractivity contribution >= 4 is 0 Å². The van der Waals surface area contributed by atoms with Crippen molar-refractivity contribution in [1.29, 1.82) is 0 Å². The van der Waals surface area contributed by atoms with E-state index in [1.54, 1.807) is 13.0 Å². The zero-order valence-electron chi connectivity index (χ0n) is 18.2. The zero-order chi connectivity index (χ0) is 22.0. The van der Waals surface area contributed by atoms with Crippen LogP contribution in [0.3, 0.4) is 0 Å². The van der Waals surface area contributed by atoms with Crippen LogP contribution in [0.15, 0.2) is 29.8 Å². The molecule has 1 heterocycles. The van der Waals surface area contributed by atoms with Gasteiger partial charge in [-0.2, -0.15) is 8.78 Å². The van der Waals surface area contributed by atoms with Crippen molar-refractivity contribution in [2.24, 2.45) is 5.92 Å². The van der Waals surface area contributed by atoms with E-state index in [0.717, 1.165) is 25.2 Å². The lowest BCUT2D eigenvalue weighted by Crippen LogP contribution is -2.11. The van der Waals surface area contributed by atoms with Crippen LogP contribution in [-0.4, -0.2) is 6.61 Å². The highest BCUT2D eigenvalue weighted by atomic mass is 19.2. The van der Waals surface area contributed by atoms with Crippen molar-refractivity contribution in [2.45, 2.75) is 65.2 Å². The summed E-state index contributed by atoms with van der Waals surface area (Å²) in [7, 11) is 0. The number of halogens is 3. The highest BCUT2D eigenvalue weighted by molar-refractivity contribution is 5.54. The summed E-state index contributed by atoms with van der Waals surface area (Å²) in [6.45, 7) is 4.14. The van der Waals surface area contributed by atoms with Crippen molar-refractivity contribution < 1.29 is 22.6 Å². The van der Waals surface area contributed by atoms with E-state index in [0.29, 0.717) is 23.1 Å². The molecule has 0 amide bonds. The Morgan fingerprint density at radius 1 is 1.00 bits per heavy atom. The first kappa shape index (κ1) is 21.8. The number of allylic oxidation sites excluding steroid dienone is 2. The van der Waals surface area contributed by atoms with Gasteiger partial charge in [-0.15, -0.1) is 0 Å². The summed E-state index contributed by atoms with van der Waals surface area (Å²) < 4.78 is 54.8. The Morgan fingerprint density at radius 2 is 1.81 bits per heavy atom. The number of hydrogen-bond donors (Lipinski definition) is 0. The van der Waals surface area contributed by atoms with E-state index in [4.69, 9.17) is 9.47 Å². The summed E-state index contributed by atoms with van der Waals surface area (Å²) in [5, 5.41) is 0. The lowest BCUT2D eigenvalue weighted by atomic mass is 9.85. The third kappa shape index (κ3) is 4.46. The second-order valence-corrected chi connectivity index (χ2v) is 8.52. The summed E-state index contributed by atoms with van der Waals surface area (Å²) in [4.78, 5) is 0. The van der Waals surface area contributed by atoms with Crippen molar-refractivity contribution in [1.82, 2.24) is 0 Å². The predicted octanol–water partition coefficient (Wildman–Crippen LogP) is 7.66. The van der Waals surface area contributed by atoms with Crippen LogP contribution in [0.4, 0.5) is 13.2 Å². The highest BCUT2D eigenvalue weighted by Crippen LogP contribution is 2.43. The molecular weight excluding hydrogens is 401 g/mol. The molecule has 1 unspecified atom stereocenters. The first-order valence-corrected chi connectivity index (χ1v) is 11.3. The minimum Gasteiger partial charge on any atom is -0.491 e. The van der Waals surface area contributed by atoms with Crippen LogP contribution in [-0.2, 0) is 12.8 Å². The van der Waals surface area contributed by atoms with Crippen molar-refractivity contribution in [3.05, 3.63) is 64.0 Å². The number of rotatable bonds is 7. The van der Waals surface area contributed by atoms with Gasteiger partial charge >= 0.3 is 0 Å². The van der Waals surface area contributed by atoms with Gasteiger partial charge in [0.2, 0.25) is 11.6 Å². The summed E-state index contributed by atoms with van der Waals surface area (Å²) in [5.74, 6) is -2.32. The van der Waals surface area contributed by atoms with Crippen LogP contribution in [0.2, 0.25) is 0 Å². The van der Waals surface area contributed by atoms with E-state index in [1.807, 2.05) is 6.07 Å². The fourth-order valence-corrected chi connectivity index (χ4v) is 4.66. The molecule has 2 nitrogen and oxygen atoms in total. The number of aryl methyl sites for hydroxylation is 1. The SMILES string of the molecule is CCCC1CC=C(CCc2ccc3c(c2F)Oc2c(cc(OCC)c(F)c2F)C3)CC1. The first-order valence-electron chi connectivity index (χ1n) is 11.3. The Bertz CT molecular complexity index is 997. The van der Waals surface area contributed by atoms with E-state index in [1.165, 1.54) is 30.9 Å². The number of benzene rings is 2. The van der Waals surface area contributed by atoms with Crippen LogP contribution in [0.1, 0.15) is 69.1 Å². The van der Waals surface area contributed by atoms with E-state index in [-0.39, 0.29) is 30.3 Å². The van der Waals surface area contributed by atoms with Crippen molar-refractivity contribution in [3.63, 3.8) is 0 Å². The van der Waals surface area contributed by atoms with Crippen LogP contribution >= 0.6 is 0 Å². The van der Waals surface area contributed by atoms with Gasteiger partial charge in [-0.3, -0.25) is 0 Å². The molecule has 0 saturated heterocycles. The molecule has 0 aromatic heterocycles. The number of fused-ring (bicyclic) bond motifs is 2. The Balaban J connectivity index is 1.51. The second kappa shape index (κ2) is 9.37. The largest absolute Gasteiger partial charge is 0.491 e. The normalized spacial score (nSPS) is 17.5. The van der Waals surface area contributed by atoms with Crippen LogP contribution in [0, 0.1) is 23.4 Å². The van der Waals surface area contributed by atoms with Gasteiger partial charge in [0.15, 0.2) is 23.1 Å². The molecule has 1 aliphatic carbocycles. The van der Waals surface area contributed by atoms with Gasteiger partial charge in [-0.1, -0.05) is 43.5 Å². The highest BCUT2D eigenvalue weighted by Gasteiger charge is 2.29. The van der Waals surface area contributed by atoms with Crippen molar-refractivity contribution in [2.75, 3.05) is 6.61 Å². The Labute approximate surface area is 182 Å². The maximum Gasteiger partial charge on any atom is 0.205 e. The zero-order valence-corrected chi connectivity index (χ0v) is 18.2. The molecule has 166 valence electrons. The minimum absolute atomic E-state index is 0.00749. The van der Waals surface area contributed by atoms with Crippen LogP contribution < -0.4 is 9.47 Å². The van der Waals surface area contributed by atoms with E-state index in [9.17, 15) is 8.78 Å². The standard InChI is InChI=1S/C26H29F3O2/c1-3-5-16-6-8-17(9-7-16)10-11-18-12-13-19-14-20-15-21(30-4-2)23(28)24(29)26(20)31-25(19)22(18)27/h8,12-13,15-16H,3-7,9-11,14H2,1-2H3. The Hall–Kier alpha value is -2.43. The molecule has 0 fully saturated rings. The fraction of sp³-hybridized carbons (Fsp3) is 0.462. The first-order chi connectivity index (χ1) is 15.0. The molecule has 0 spiro atoms. The molecule has 0 bridgehead atoms. The molecule has 31 heavy (non-hydrogen) atoms. The molecular formula is C26H29F3O2. The van der Waals surface area contributed by atoms with Gasteiger partial charge in [0.25, 0.3) is 0 Å². The maximum absolute atomic E-state index is 15.2. The van der Waals surface area contributed by atoms with Gasteiger partial charge in [0, 0.05) is 17.5 Å². The Morgan fingerprint density at radius 3 is 2.52 bits per heavy atom. The van der Waals surface area contributed by atoms with Crippen LogP contribution in [0.5, 0.6) is 17.2 Å². The number of ether oxygens (including phenoxy) is 2. The van der Waals surface area contributed by atoms with Crippen molar-refractivity contribution in [3.8, 4) is 17.2 Å². The molecule has 2 aromatic carbocycles. The maximum atomic E-state index is 15.2. The molecule has 1 atom stereocenters. The van der Waals surface area contributed by atoms with Gasteiger partial charge in [-0.25, -0.2) is 4.39 Å². The third-order valence-corrected chi connectivity index (χ3v) is 6.37. The molecule has 5 heteroatoms. The molecule has 2 aromatic rings. The number of hydrogen-bond acceptors (Lipinski definition) is 2. The smallest absolute Gasteiger partial charge is 0.205 e. The molecule has 1 aliphatic heterocycles. The summed E-state index contributed by atoms with van der Waals surface area (Å²) in [6, 6.07) is 5.05. The molecule has 2 aliphatic rings. The van der Waals surface area contributed by atoms with Gasteiger partial charge < -0.3 is 9.47 Å². The van der Waals surface area contributed by atoms with E-state index in [2.05, 4.69) is 13.0 Å². The second-order valence-electron chi connectivity index (χ2n) is 8.52. The monoisotopic (exact) mass is 430 g/mol.